The molecule has 18 heteroatoms. The van der Waals surface area contributed by atoms with Crippen molar-refractivity contribution in [3.05, 3.63) is 24.3 Å². The molecule has 0 aromatic carbocycles. The number of aliphatic hydroxyl groups excluding tert-OH is 4. The van der Waals surface area contributed by atoms with Gasteiger partial charge in [0.2, 0.25) is 0 Å². The van der Waals surface area contributed by atoms with E-state index in [0.29, 0.717) is 12.8 Å². The van der Waals surface area contributed by atoms with Crippen LogP contribution >= 0.6 is 15.6 Å². The van der Waals surface area contributed by atoms with Crippen molar-refractivity contribution in [2.75, 3.05) is 13.2 Å². The van der Waals surface area contributed by atoms with E-state index >= 15 is 0 Å². The van der Waals surface area contributed by atoms with Gasteiger partial charge in [0.15, 0.2) is 6.10 Å². The molecule has 8 unspecified atom stereocenters. The van der Waals surface area contributed by atoms with E-state index in [0.717, 1.165) is 77.0 Å². The van der Waals surface area contributed by atoms with Gasteiger partial charge < -0.3 is 44.6 Å². The molecular formula is C43H80O16P2. The van der Waals surface area contributed by atoms with Crippen LogP contribution in [0.15, 0.2) is 24.3 Å². The van der Waals surface area contributed by atoms with Crippen molar-refractivity contribution in [1.29, 1.82) is 0 Å². The minimum atomic E-state index is -5.36. The minimum Gasteiger partial charge on any atom is -0.462 e. The molecule has 1 saturated carbocycles. The molecule has 1 fully saturated rings. The lowest BCUT2D eigenvalue weighted by Gasteiger charge is -2.43. The highest BCUT2D eigenvalue weighted by Crippen LogP contribution is 2.49. The number of phosphoric ester groups is 2. The van der Waals surface area contributed by atoms with Crippen molar-refractivity contribution in [2.45, 2.75) is 224 Å². The van der Waals surface area contributed by atoms with E-state index in [1.165, 1.54) is 64.2 Å². The lowest BCUT2D eigenvalue weighted by molar-refractivity contribution is -0.216. The predicted molar refractivity (Wildman–Crippen MR) is 232 cm³/mol. The molecule has 1 rings (SSSR count). The van der Waals surface area contributed by atoms with Crippen LogP contribution in [-0.4, -0.2) is 103 Å². The molecule has 0 amide bonds. The second-order valence-corrected chi connectivity index (χ2v) is 18.7. The summed E-state index contributed by atoms with van der Waals surface area (Å²) < 4.78 is 49.3. The van der Waals surface area contributed by atoms with Gasteiger partial charge in [-0.2, -0.15) is 0 Å². The summed E-state index contributed by atoms with van der Waals surface area (Å²) in [4.78, 5) is 54.2. The lowest BCUT2D eigenvalue weighted by Crippen LogP contribution is -2.64. The lowest BCUT2D eigenvalue weighted by atomic mass is 9.85. The van der Waals surface area contributed by atoms with Gasteiger partial charge in [0.05, 0.1) is 6.61 Å². The third kappa shape index (κ3) is 29.5. The highest BCUT2D eigenvalue weighted by atomic mass is 31.2. The van der Waals surface area contributed by atoms with E-state index in [-0.39, 0.29) is 12.8 Å². The summed E-state index contributed by atoms with van der Waals surface area (Å²) in [5, 5.41) is 41.2. The van der Waals surface area contributed by atoms with Crippen LogP contribution in [0.4, 0.5) is 0 Å². The third-order valence-corrected chi connectivity index (χ3v) is 12.0. The van der Waals surface area contributed by atoms with Crippen LogP contribution < -0.4 is 0 Å². The largest absolute Gasteiger partial charge is 0.472 e. The van der Waals surface area contributed by atoms with Gasteiger partial charge in [-0.15, -0.1) is 0 Å². The Morgan fingerprint density at radius 2 is 0.902 bits per heavy atom. The summed E-state index contributed by atoms with van der Waals surface area (Å²) in [5.74, 6) is -1.22. The molecule has 0 spiro atoms. The molecule has 8 atom stereocenters. The van der Waals surface area contributed by atoms with Crippen LogP contribution in [0.1, 0.15) is 181 Å². The van der Waals surface area contributed by atoms with Crippen molar-refractivity contribution in [1.82, 2.24) is 0 Å². The molecule has 7 N–H and O–H groups in total. The summed E-state index contributed by atoms with van der Waals surface area (Å²) in [6, 6.07) is 0. The van der Waals surface area contributed by atoms with E-state index in [9.17, 15) is 44.0 Å². The zero-order valence-corrected chi connectivity index (χ0v) is 38.6. The number of allylic oxidation sites excluding steroid dienone is 4. The molecule has 358 valence electrons. The number of phosphoric acid groups is 2. The predicted octanol–water partition coefficient (Wildman–Crippen LogP) is 8.17. The van der Waals surface area contributed by atoms with E-state index in [1.807, 2.05) is 0 Å². The molecule has 16 nitrogen and oxygen atoms in total. The maximum atomic E-state index is 13.0. The van der Waals surface area contributed by atoms with E-state index in [1.54, 1.807) is 0 Å². The summed E-state index contributed by atoms with van der Waals surface area (Å²) in [6.45, 7) is 3.06. The number of unbranched alkanes of at least 4 members (excludes halogenated alkanes) is 20. The maximum Gasteiger partial charge on any atom is 0.472 e. The Morgan fingerprint density at radius 1 is 0.508 bits per heavy atom. The Hall–Kier alpha value is -1.52. The summed E-state index contributed by atoms with van der Waals surface area (Å²) in [7, 11) is -10.7. The SMILES string of the molecule is CCCCCCC=CCCCCCCCC(=O)OC(COC(=O)CCCCCCCC=CCCCCCCCC)COP(=O)(O)OC1C(O)C(O)C(O)C(OP(=O)(O)O)C1O. The first-order valence-corrected chi connectivity index (χ1v) is 25.9. The second kappa shape index (κ2) is 34.8. The van der Waals surface area contributed by atoms with Gasteiger partial charge in [-0.05, 0) is 64.2 Å². The molecular weight excluding hydrogens is 834 g/mol. The van der Waals surface area contributed by atoms with Gasteiger partial charge in [-0.25, -0.2) is 9.13 Å². The number of carbonyl (C=O) groups excluding carboxylic acids is 2. The number of ether oxygens (including phenoxy) is 2. The topological polar surface area (TPSA) is 256 Å². The van der Waals surface area contributed by atoms with Crippen LogP contribution in [0.2, 0.25) is 0 Å². The number of hydrogen-bond acceptors (Lipinski definition) is 13. The molecule has 0 radical (unpaired) electrons. The molecule has 0 aromatic heterocycles. The fourth-order valence-electron chi connectivity index (χ4n) is 6.90. The third-order valence-electron chi connectivity index (χ3n) is 10.5. The number of carbonyl (C=O) groups is 2. The normalized spacial score (nSPS) is 22.4. The van der Waals surface area contributed by atoms with Gasteiger partial charge >= 0.3 is 27.6 Å². The molecule has 0 saturated heterocycles. The number of aliphatic hydroxyl groups is 4. The van der Waals surface area contributed by atoms with Crippen molar-refractivity contribution in [3.8, 4) is 0 Å². The zero-order valence-electron chi connectivity index (χ0n) is 36.8. The van der Waals surface area contributed by atoms with Gasteiger partial charge in [0.25, 0.3) is 0 Å². The van der Waals surface area contributed by atoms with E-state index in [2.05, 4.69) is 42.7 Å². The van der Waals surface area contributed by atoms with Crippen LogP contribution in [0.3, 0.4) is 0 Å². The smallest absolute Gasteiger partial charge is 0.462 e. The first-order valence-electron chi connectivity index (χ1n) is 22.9. The number of hydrogen-bond donors (Lipinski definition) is 7. The first-order chi connectivity index (χ1) is 29.1. The Kier molecular flexibility index (Phi) is 32.8. The Labute approximate surface area is 364 Å². The maximum absolute atomic E-state index is 13.0. The molecule has 1 aliphatic rings. The molecule has 0 aromatic rings. The van der Waals surface area contributed by atoms with Gasteiger partial charge in [-0.3, -0.25) is 23.2 Å². The Morgan fingerprint density at radius 3 is 1.36 bits per heavy atom. The second-order valence-electron chi connectivity index (χ2n) is 16.1. The van der Waals surface area contributed by atoms with Crippen molar-refractivity contribution < 1.29 is 76.9 Å². The van der Waals surface area contributed by atoms with Crippen LogP contribution in [0, 0.1) is 0 Å². The number of rotatable bonds is 38. The summed E-state index contributed by atoms with van der Waals surface area (Å²) in [5.41, 5.74) is 0. The van der Waals surface area contributed by atoms with Crippen LogP contribution in [-0.2, 0) is 41.8 Å². The van der Waals surface area contributed by atoms with Gasteiger partial charge in [0, 0.05) is 12.8 Å². The first kappa shape index (κ1) is 57.5. The van der Waals surface area contributed by atoms with Gasteiger partial charge in [0.1, 0.15) is 43.2 Å². The van der Waals surface area contributed by atoms with E-state index in [4.69, 9.17) is 28.3 Å². The minimum absolute atomic E-state index is 0.0337. The highest BCUT2D eigenvalue weighted by Gasteiger charge is 2.54. The Balaban J connectivity index is 2.62. The monoisotopic (exact) mass is 914 g/mol. The van der Waals surface area contributed by atoms with Crippen molar-refractivity contribution in [2.24, 2.45) is 0 Å². The molecule has 1 aliphatic carbocycles. The zero-order chi connectivity index (χ0) is 45.4. The fraction of sp³-hybridized carbons (Fsp3) is 0.860. The van der Waals surface area contributed by atoms with Crippen molar-refractivity contribution in [3.63, 3.8) is 0 Å². The molecule has 0 aliphatic heterocycles. The van der Waals surface area contributed by atoms with Gasteiger partial charge in [-0.1, -0.05) is 128 Å². The summed E-state index contributed by atoms with van der Waals surface area (Å²) in [6.07, 6.45) is 20.0. The fourth-order valence-corrected chi connectivity index (χ4v) is 8.44. The number of esters is 2. The standard InChI is InChI=1S/C43H80O16P2/c1-3-5-7-9-11-13-15-17-18-20-21-23-25-27-29-31-36(44)55-33-35(57-37(45)32-30-28-26-24-22-19-16-14-12-10-8-6-4-2)34-56-61(53,54)59-43-40(48)38(46)39(47)42(41(43)49)58-60(50,51)52/h14,16-18,35,38-43,46-49H,3-13,15,19-34H2,1-2H3,(H,53,54)(H2,50,51,52). The average Bonchev–Trinajstić information content (AvgIpc) is 3.21. The van der Waals surface area contributed by atoms with Crippen LogP contribution in [0.25, 0.3) is 0 Å². The van der Waals surface area contributed by atoms with E-state index < -0.39 is 83.5 Å². The highest BCUT2D eigenvalue weighted by molar-refractivity contribution is 7.47. The molecule has 0 heterocycles. The average molecular weight is 915 g/mol. The van der Waals surface area contributed by atoms with Crippen LogP contribution in [0.5, 0.6) is 0 Å². The Bertz CT molecular complexity index is 1290. The summed E-state index contributed by atoms with van der Waals surface area (Å²) >= 11 is 0. The quantitative estimate of drug-likeness (QED) is 0.0133. The molecule has 0 bridgehead atoms. The van der Waals surface area contributed by atoms with Crippen molar-refractivity contribution >= 4 is 27.6 Å². The molecule has 61 heavy (non-hydrogen) atoms.